The molecule has 0 unspecified atom stereocenters. The molecule has 1 saturated heterocycles. The summed E-state index contributed by atoms with van der Waals surface area (Å²) in [6, 6.07) is 17.5. The first-order valence-corrected chi connectivity index (χ1v) is 12.3. The number of benzene rings is 2. The monoisotopic (exact) mass is 485 g/mol. The number of carbonyl (C=O) groups is 2. The van der Waals surface area contributed by atoms with Gasteiger partial charge < -0.3 is 19.9 Å². The van der Waals surface area contributed by atoms with Gasteiger partial charge in [-0.2, -0.15) is 0 Å². The Morgan fingerprint density at radius 3 is 2.50 bits per heavy atom. The van der Waals surface area contributed by atoms with Crippen LogP contribution in [0.3, 0.4) is 0 Å². The quantitative estimate of drug-likeness (QED) is 0.598. The molecule has 8 heteroatoms. The fraction of sp³-hybridized carbons (Fsp3) is 0.357. The molecule has 1 atom stereocenters. The number of piperazine rings is 1. The number of aromatic nitrogens is 1. The third kappa shape index (κ3) is 4.17. The van der Waals surface area contributed by atoms with Crippen molar-refractivity contribution in [1.82, 2.24) is 15.2 Å². The zero-order valence-electron chi connectivity index (χ0n) is 21.1. The van der Waals surface area contributed by atoms with E-state index in [1.165, 1.54) is 0 Å². The van der Waals surface area contributed by atoms with E-state index >= 15 is 0 Å². The molecule has 36 heavy (non-hydrogen) atoms. The summed E-state index contributed by atoms with van der Waals surface area (Å²) < 4.78 is 5.36. The molecule has 0 aliphatic carbocycles. The molecule has 1 N–H and O–H groups in total. The van der Waals surface area contributed by atoms with Crippen molar-refractivity contribution in [2.75, 3.05) is 38.2 Å². The molecule has 0 saturated carbocycles. The number of aliphatic imine (C=N–C) groups is 1. The van der Waals surface area contributed by atoms with Gasteiger partial charge >= 0.3 is 0 Å². The van der Waals surface area contributed by atoms with Gasteiger partial charge in [0.2, 0.25) is 0 Å². The number of fused-ring (bicyclic) bond motifs is 1. The second kappa shape index (κ2) is 9.26. The number of hydrogen-bond acceptors (Lipinski definition) is 6. The number of amidine groups is 1. The van der Waals surface area contributed by atoms with E-state index in [-0.39, 0.29) is 17.7 Å². The summed E-state index contributed by atoms with van der Waals surface area (Å²) in [7, 11) is 1.66. The van der Waals surface area contributed by atoms with Crippen molar-refractivity contribution in [2.24, 2.45) is 10.9 Å². The van der Waals surface area contributed by atoms with Crippen molar-refractivity contribution in [3.8, 4) is 5.75 Å². The van der Waals surface area contributed by atoms with Gasteiger partial charge in [-0.1, -0.05) is 38.1 Å². The van der Waals surface area contributed by atoms with Gasteiger partial charge in [-0.3, -0.25) is 9.59 Å². The molecule has 2 aliphatic heterocycles. The molecule has 0 spiro atoms. The minimum atomic E-state index is -0.897. The van der Waals surface area contributed by atoms with Crippen LogP contribution in [0.5, 0.6) is 5.75 Å². The maximum Gasteiger partial charge on any atom is 0.256 e. The number of pyridine rings is 1. The predicted molar refractivity (Wildman–Crippen MR) is 141 cm³/mol. The number of nitrogens with one attached hydrogen (secondary N) is 1. The zero-order chi connectivity index (χ0) is 25.4. The average molecular weight is 486 g/mol. The van der Waals surface area contributed by atoms with Crippen LogP contribution in [-0.4, -0.2) is 66.4 Å². The fourth-order valence-electron chi connectivity index (χ4n) is 4.65. The molecular weight excluding hydrogens is 454 g/mol. The van der Waals surface area contributed by atoms with Crippen LogP contribution >= 0.6 is 0 Å². The maximum absolute atomic E-state index is 13.8. The summed E-state index contributed by atoms with van der Waals surface area (Å²) in [5, 5.41) is 3.77. The Hall–Kier alpha value is -3.94. The lowest BCUT2D eigenvalue weighted by Gasteiger charge is -2.36. The first-order chi connectivity index (χ1) is 17.3. The van der Waals surface area contributed by atoms with Gasteiger partial charge in [-0.25, -0.2) is 9.98 Å². The third-order valence-corrected chi connectivity index (χ3v) is 7.32. The Kier molecular flexibility index (Phi) is 6.12. The summed E-state index contributed by atoms with van der Waals surface area (Å²) in [5.41, 5.74) is 1.81. The predicted octanol–water partition coefficient (Wildman–Crippen LogP) is 3.50. The lowest BCUT2D eigenvalue weighted by atomic mass is 9.89. The normalized spacial score (nSPS) is 20.0. The highest BCUT2D eigenvalue weighted by Gasteiger charge is 2.43. The second-order valence-electron chi connectivity index (χ2n) is 9.77. The van der Waals surface area contributed by atoms with E-state index in [2.05, 4.69) is 16.3 Å². The number of para-hydroxylation sites is 1. The van der Waals surface area contributed by atoms with Crippen LogP contribution in [0.4, 0.5) is 5.69 Å². The lowest BCUT2D eigenvalue weighted by molar-refractivity contribution is -0.124. The lowest BCUT2D eigenvalue weighted by Crippen LogP contribution is -2.49. The van der Waals surface area contributed by atoms with E-state index in [1.54, 1.807) is 7.11 Å². The first-order valence-electron chi connectivity index (χ1n) is 12.3. The van der Waals surface area contributed by atoms with Gasteiger partial charge in [0.05, 0.1) is 18.2 Å². The molecular formula is C28H31N5O3. The molecule has 186 valence electrons. The Morgan fingerprint density at radius 1 is 1.06 bits per heavy atom. The van der Waals surface area contributed by atoms with Gasteiger partial charge in [0, 0.05) is 43.3 Å². The van der Waals surface area contributed by atoms with Crippen molar-refractivity contribution in [3.05, 3.63) is 65.9 Å². The SMILES string of the molecule is COc1cccc(N2CCN(C(=O)c3cc4ccccc4nc3C3=N[C@](C)(C(C)C)C(=O)N3)CC2)c1. The number of rotatable bonds is 5. The van der Waals surface area contributed by atoms with E-state index in [9.17, 15) is 9.59 Å². The fourth-order valence-corrected chi connectivity index (χ4v) is 4.65. The Bertz CT molecular complexity index is 1360. The number of methoxy groups -OCH3 is 1. The van der Waals surface area contributed by atoms with E-state index in [4.69, 9.17) is 14.7 Å². The summed E-state index contributed by atoms with van der Waals surface area (Å²) in [5.74, 6) is 0.890. The largest absolute Gasteiger partial charge is 0.497 e. The summed E-state index contributed by atoms with van der Waals surface area (Å²) in [6.45, 7) is 8.31. The minimum Gasteiger partial charge on any atom is -0.497 e. The van der Waals surface area contributed by atoms with Crippen molar-refractivity contribution in [1.29, 1.82) is 0 Å². The van der Waals surface area contributed by atoms with Crippen molar-refractivity contribution < 1.29 is 14.3 Å². The van der Waals surface area contributed by atoms with Crippen molar-refractivity contribution in [3.63, 3.8) is 0 Å². The Morgan fingerprint density at radius 2 is 1.81 bits per heavy atom. The van der Waals surface area contributed by atoms with Gasteiger partial charge in [-0.15, -0.1) is 0 Å². The van der Waals surface area contributed by atoms with E-state index < -0.39 is 5.54 Å². The molecule has 1 aromatic heterocycles. The standard InChI is InChI=1S/C28H31N5O3/c1-18(2)28(3)27(35)30-25(31-28)24-22(16-19-8-5-6-11-23(19)29-24)26(34)33-14-12-32(13-15-33)20-9-7-10-21(17-20)36-4/h5-11,16-18H,12-15H2,1-4H3,(H,30,31,35)/t28-/m1/s1. The molecule has 3 aromatic rings. The highest BCUT2D eigenvalue weighted by atomic mass is 16.5. The number of nitrogens with zero attached hydrogens (tertiary/aromatic N) is 4. The summed E-state index contributed by atoms with van der Waals surface area (Å²) in [6.07, 6.45) is 0. The van der Waals surface area contributed by atoms with Crippen molar-refractivity contribution in [2.45, 2.75) is 26.3 Å². The van der Waals surface area contributed by atoms with E-state index in [0.717, 1.165) is 22.3 Å². The van der Waals surface area contributed by atoms with Crippen LogP contribution in [0, 0.1) is 5.92 Å². The molecule has 2 aliphatic rings. The first kappa shape index (κ1) is 23.8. The third-order valence-electron chi connectivity index (χ3n) is 7.32. The van der Waals surface area contributed by atoms with E-state index in [0.29, 0.717) is 43.3 Å². The summed E-state index contributed by atoms with van der Waals surface area (Å²) >= 11 is 0. The number of hydrogen-bond donors (Lipinski definition) is 1. The Labute approximate surface area is 211 Å². The second-order valence-corrected chi connectivity index (χ2v) is 9.77. The van der Waals surface area contributed by atoms with Gasteiger partial charge in [0.15, 0.2) is 5.84 Å². The maximum atomic E-state index is 13.8. The van der Waals surface area contributed by atoms with Gasteiger partial charge in [0.1, 0.15) is 17.0 Å². The smallest absolute Gasteiger partial charge is 0.256 e. The topological polar surface area (TPSA) is 87.1 Å². The zero-order valence-corrected chi connectivity index (χ0v) is 21.1. The van der Waals surface area contributed by atoms with Crippen LogP contribution in [0.1, 0.15) is 36.8 Å². The van der Waals surface area contributed by atoms with Crippen molar-refractivity contribution >= 4 is 34.2 Å². The molecule has 1 fully saturated rings. The number of amides is 2. The minimum absolute atomic E-state index is 0.000652. The number of carbonyl (C=O) groups excluding carboxylic acids is 2. The molecule has 2 amide bonds. The van der Waals surface area contributed by atoms with Crippen LogP contribution in [0.15, 0.2) is 59.6 Å². The molecule has 0 radical (unpaired) electrons. The van der Waals surface area contributed by atoms with Crippen LogP contribution in [0.25, 0.3) is 10.9 Å². The summed E-state index contributed by atoms with van der Waals surface area (Å²) in [4.78, 5) is 40.3. The Balaban J connectivity index is 1.45. The number of anilines is 1. The van der Waals surface area contributed by atoms with Gasteiger partial charge in [-0.05, 0) is 37.1 Å². The van der Waals surface area contributed by atoms with Crippen LogP contribution in [0.2, 0.25) is 0 Å². The molecule has 3 heterocycles. The van der Waals surface area contributed by atoms with E-state index in [1.807, 2.05) is 74.2 Å². The average Bonchev–Trinajstić information content (AvgIpc) is 3.22. The molecule has 5 rings (SSSR count). The number of ether oxygens (including phenoxy) is 1. The molecule has 2 aromatic carbocycles. The highest BCUT2D eigenvalue weighted by Crippen LogP contribution is 2.29. The molecule has 0 bridgehead atoms. The molecule has 8 nitrogen and oxygen atoms in total. The van der Waals surface area contributed by atoms with Crippen LogP contribution < -0.4 is 15.0 Å². The highest BCUT2D eigenvalue weighted by molar-refractivity contribution is 6.19. The van der Waals surface area contributed by atoms with Gasteiger partial charge in [0.25, 0.3) is 11.8 Å². The van der Waals surface area contributed by atoms with Crippen LogP contribution in [-0.2, 0) is 4.79 Å².